The van der Waals surface area contributed by atoms with Crippen LogP contribution in [0.5, 0.6) is 0 Å². The highest BCUT2D eigenvalue weighted by atomic mass is 32.2. The Balaban J connectivity index is 0.000000377. The van der Waals surface area contributed by atoms with Crippen LogP contribution in [0.3, 0.4) is 0 Å². The molecule has 71 heavy (non-hydrogen) atoms. The summed E-state index contributed by atoms with van der Waals surface area (Å²) in [6, 6.07) is 20.7. The number of nitrogens with one attached hydrogen (secondary N) is 3. The van der Waals surface area contributed by atoms with Gasteiger partial charge in [-0.2, -0.15) is 12.6 Å². The highest BCUT2D eigenvalue weighted by molar-refractivity contribution is 8.14. The van der Waals surface area contributed by atoms with Gasteiger partial charge in [0.05, 0.1) is 36.2 Å². The molecule has 1 aliphatic heterocycles. The number of carboxylic acid groups (broad SMARTS) is 1. The predicted molar refractivity (Wildman–Crippen MR) is 271 cm³/mol. The first-order chi connectivity index (χ1) is 33.7. The van der Waals surface area contributed by atoms with Crippen LogP contribution in [0, 0.1) is 11.8 Å². The molecule has 4 rings (SSSR count). The molecule has 1 aliphatic rings. The van der Waals surface area contributed by atoms with E-state index < -0.39 is 71.5 Å². The largest absolute Gasteiger partial charge is 0.480 e. The number of likely N-dealkylation sites (N-methyl/N-ethyl adjacent to an activating group) is 1. The molecule has 0 fully saturated rings. The van der Waals surface area contributed by atoms with E-state index in [0.717, 1.165) is 27.8 Å². The molecule has 0 saturated heterocycles. The molecule has 3 aromatic carbocycles. The van der Waals surface area contributed by atoms with Gasteiger partial charge in [-0.3, -0.25) is 48.1 Å². The number of carbonyl (C=O) groups excluding carboxylic acids is 9. The first kappa shape index (κ1) is 58.8. The SMILES string of the molecule is CC(C)C[C@@H](C(=O)N[C@@H](Cc1ccccc1)C(=O)O)N(CCN1C(=O)c2ccccc2C1=O)C(=O)CS.CNC(=O)[C@H](Cc1ccccc1)NC(=O)[C@H](CC(C)C)N(CCC(=O)OC)C(=O)CSC(C)=O. The van der Waals surface area contributed by atoms with Crippen LogP contribution in [0.15, 0.2) is 84.9 Å². The lowest BCUT2D eigenvalue weighted by Gasteiger charge is -2.33. The van der Waals surface area contributed by atoms with E-state index in [1.54, 1.807) is 48.5 Å². The second-order valence-electron chi connectivity index (χ2n) is 17.5. The Labute approximate surface area is 424 Å². The van der Waals surface area contributed by atoms with Gasteiger partial charge in [0.2, 0.25) is 29.5 Å². The molecule has 0 aliphatic carbocycles. The lowest BCUT2D eigenvalue weighted by Crippen LogP contribution is -2.56. The maximum Gasteiger partial charge on any atom is 0.326 e. The van der Waals surface area contributed by atoms with Gasteiger partial charge in [-0.1, -0.05) is 112 Å². The number of carboxylic acids is 1. The van der Waals surface area contributed by atoms with E-state index in [-0.39, 0.29) is 79.7 Å². The van der Waals surface area contributed by atoms with Crippen molar-refractivity contribution in [3.05, 3.63) is 107 Å². The lowest BCUT2D eigenvalue weighted by molar-refractivity contribution is -0.145. The number of hydrogen-bond donors (Lipinski definition) is 5. The number of amides is 7. The van der Waals surface area contributed by atoms with Crippen molar-refractivity contribution in [2.24, 2.45) is 11.8 Å². The fraction of sp³-hybridized carbons (Fsp3) is 0.451. The Bertz CT molecular complexity index is 2300. The second-order valence-corrected chi connectivity index (χ2v) is 19.0. The van der Waals surface area contributed by atoms with Gasteiger partial charge in [0.25, 0.3) is 11.8 Å². The Morgan fingerprint density at radius 2 is 1.13 bits per heavy atom. The summed E-state index contributed by atoms with van der Waals surface area (Å²) in [6.07, 6.45) is 0.820. The summed E-state index contributed by atoms with van der Waals surface area (Å²) in [5.74, 6) is -5.34. The summed E-state index contributed by atoms with van der Waals surface area (Å²) in [5.41, 5.74) is 2.19. The number of carbonyl (C=O) groups is 10. The van der Waals surface area contributed by atoms with Gasteiger partial charge in [-0.25, -0.2) is 4.79 Å². The Morgan fingerprint density at radius 1 is 0.676 bits per heavy atom. The molecule has 0 spiro atoms. The zero-order chi connectivity index (χ0) is 52.8. The number of thioether (sulfide) groups is 1. The number of ether oxygens (including phenoxy) is 1. The van der Waals surface area contributed by atoms with Gasteiger partial charge in [-0.15, -0.1) is 0 Å². The maximum absolute atomic E-state index is 13.4. The molecule has 0 aromatic heterocycles. The normalized spacial score (nSPS) is 13.4. The Hall–Kier alpha value is -6.54. The number of rotatable bonds is 25. The minimum atomic E-state index is -1.20. The number of nitrogens with zero attached hydrogens (tertiary/aromatic N) is 3. The highest BCUT2D eigenvalue weighted by Gasteiger charge is 2.38. The molecule has 3 aromatic rings. The second kappa shape index (κ2) is 29.6. The molecule has 0 saturated carbocycles. The molecule has 7 amide bonds. The fourth-order valence-corrected chi connectivity index (χ4v) is 8.35. The summed E-state index contributed by atoms with van der Waals surface area (Å²) in [5, 5.41) is 17.5. The van der Waals surface area contributed by atoms with Crippen molar-refractivity contribution in [2.75, 3.05) is 45.3 Å². The topological polar surface area (TPSA) is 246 Å². The van der Waals surface area contributed by atoms with E-state index in [2.05, 4.69) is 33.3 Å². The number of benzene rings is 3. The first-order valence-electron chi connectivity index (χ1n) is 23.2. The van der Waals surface area contributed by atoms with Crippen LogP contribution in [0.4, 0.5) is 0 Å². The molecular weight excluding hydrogens is 953 g/mol. The van der Waals surface area contributed by atoms with E-state index >= 15 is 0 Å². The number of fused-ring (bicyclic) bond motifs is 1. The maximum atomic E-state index is 13.4. The third kappa shape index (κ3) is 18.6. The van der Waals surface area contributed by atoms with Gasteiger partial charge < -0.3 is 35.6 Å². The first-order valence-corrected chi connectivity index (χ1v) is 24.8. The standard InChI is InChI=1S/C27H31N3O6S.C24H35N3O6S/c1-17(2)14-22(24(32)28-21(27(35)36)15-18-8-4-3-5-9-18)29(23(31)16-37)12-13-30-25(33)19-10-6-7-11-20(19)26(30)34;1-16(2)13-20(27(12-11-22(30)33-5)21(29)15-34-17(3)28)24(32)26-19(23(31)25-4)14-18-9-7-6-8-10-18/h3-11,17,21-22,37H,12-16H2,1-2H3,(H,28,32)(H,35,36);6-10,16,19-20H,11-15H2,1-5H3,(H,25,31)(H,26,32)/t21-,22-;19-,20-/m00/s1. The Morgan fingerprint density at radius 3 is 1.55 bits per heavy atom. The number of thiol groups is 1. The average Bonchev–Trinajstić information content (AvgIpc) is 3.59. The van der Waals surface area contributed by atoms with Crippen LogP contribution in [-0.2, 0) is 55.9 Å². The van der Waals surface area contributed by atoms with Gasteiger partial charge >= 0.3 is 11.9 Å². The zero-order valence-electron chi connectivity index (χ0n) is 41.3. The van der Waals surface area contributed by atoms with Crippen molar-refractivity contribution in [3.63, 3.8) is 0 Å². The zero-order valence-corrected chi connectivity index (χ0v) is 43.0. The molecule has 4 N–H and O–H groups in total. The van der Waals surface area contributed by atoms with Gasteiger partial charge in [0.15, 0.2) is 5.12 Å². The van der Waals surface area contributed by atoms with Crippen molar-refractivity contribution in [1.29, 1.82) is 0 Å². The van der Waals surface area contributed by atoms with Crippen molar-refractivity contribution < 1.29 is 57.8 Å². The molecule has 18 nitrogen and oxygen atoms in total. The average molecular weight is 1020 g/mol. The van der Waals surface area contributed by atoms with Crippen LogP contribution in [0.25, 0.3) is 0 Å². The molecule has 0 unspecified atom stereocenters. The predicted octanol–water partition coefficient (Wildman–Crippen LogP) is 3.81. The van der Waals surface area contributed by atoms with Gasteiger partial charge in [0, 0.05) is 46.4 Å². The summed E-state index contributed by atoms with van der Waals surface area (Å²) in [4.78, 5) is 130. The van der Waals surface area contributed by atoms with Crippen LogP contribution < -0.4 is 16.0 Å². The third-order valence-electron chi connectivity index (χ3n) is 11.2. The fourth-order valence-electron chi connectivity index (χ4n) is 7.67. The number of esters is 1. The third-order valence-corrected chi connectivity index (χ3v) is 12.3. The molecule has 384 valence electrons. The smallest absolute Gasteiger partial charge is 0.326 e. The van der Waals surface area contributed by atoms with Crippen molar-refractivity contribution in [2.45, 2.75) is 90.9 Å². The lowest BCUT2D eigenvalue weighted by atomic mass is 9.99. The van der Waals surface area contributed by atoms with Crippen LogP contribution in [-0.4, -0.2) is 148 Å². The van der Waals surface area contributed by atoms with Crippen molar-refractivity contribution in [3.8, 4) is 0 Å². The Kier molecular flexibility index (Phi) is 24.5. The number of imide groups is 1. The minimum absolute atomic E-state index is 0.0114. The molecule has 0 bridgehead atoms. The number of methoxy groups -OCH3 is 1. The summed E-state index contributed by atoms with van der Waals surface area (Å²) < 4.78 is 4.69. The van der Waals surface area contributed by atoms with Gasteiger partial charge in [-0.05, 0) is 47.9 Å². The summed E-state index contributed by atoms with van der Waals surface area (Å²) >= 11 is 4.93. The number of hydrogen-bond acceptors (Lipinski definition) is 13. The van der Waals surface area contributed by atoms with E-state index in [4.69, 9.17) is 0 Å². The number of aliphatic carboxylic acids is 1. The summed E-state index contributed by atoms with van der Waals surface area (Å²) in [7, 11) is 2.74. The quantitative estimate of drug-likeness (QED) is 0.0461. The van der Waals surface area contributed by atoms with Crippen molar-refractivity contribution >= 4 is 82.8 Å². The molecule has 0 radical (unpaired) electrons. The van der Waals surface area contributed by atoms with Crippen molar-refractivity contribution in [1.82, 2.24) is 30.7 Å². The van der Waals surface area contributed by atoms with E-state index in [1.165, 1.54) is 30.9 Å². The van der Waals surface area contributed by atoms with Crippen LogP contribution >= 0.6 is 24.4 Å². The van der Waals surface area contributed by atoms with Gasteiger partial charge in [0.1, 0.15) is 24.2 Å². The molecule has 4 atom stereocenters. The highest BCUT2D eigenvalue weighted by Crippen LogP contribution is 2.23. The van der Waals surface area contributed by atoms with Crippen LogP contribution in [0.1, 0.15) is 85.7 Å². The van der Waals surface area contributed by atoms with E-state index in [0.29, 0.717) is 17.5 Å². The van der Waals surface area contributed by atoms with E-state index in [1.807, 2.05) is 64.1 Å². The summed E-state index contributed by atoms with van der Waals surface area (Å²) in [6.45, 7) is 8.69. The monoisotopic (exact) mass is 1020 g/mol. The molecule has 1 heterocycles. The van der Waals surface area contributed by atoms with Crippen LogP contribution in [0.2, 0.25) is 0 Å². The minimum Gasteiger partial charge on any atom is -0.480 e. The molecular formula is C51H66N6O12S2. The molecule has 20 heteroatoms. The van der Waals surface area contributed by atoms with E-state index in [9.17, 15) is 53.1 Å².